The minimum absolute atomic E-state index is 0.0814. The van der Waals surface area contributed by atoms with Crippen LogP contribution in [-0.4, -0.2) is 25.2 Å². The van der Waals surface area contributed by atoms with E-state index < -0.39 is 11.9 Å². The molecule has 4 nitrogen and oxygen atoms in total. The van der Waals surface area contributed by atoms with Gasteiger partial charge >= 0.3 is 0 Å². The number of nitrogens with one attached hydrogen (secondary N) is 1. The third-order valence-corrected chi connectivity index (χ3v) is 3.90. The molecular weight excluding hydrogens is 333 g/mol. The van der Waals surface area contributed by atoms with Gasteiger partial charge in [-0.1, -0.05) is 44.5 Å². The van der Waals surface area contributed by atoms with E-state index in [-0.39, 0.29) is 11.7 Å². The molecule has 26 heavy (non-hydrogen) atoms. The van der Waals surface area contributed by atoms with Crippen LogP contribution in [-0.2, 0) is 11.2 Å². The molecule has 0 heterocycles. The Morgan fingerprint density at radius 1 is 1.12 bits per heavy atom. The highest BCUT2D eigenvalue weighted by Crippen LogP contribution is 2.18. The van der Waals surface area contributed by atoms with E-state index in [1.807, 2.05) is 31.2 Å². The topological polar surface area (TPSA) is 47.6 Å². The molecule has 0 aromatic heterocycles. The number of carbonyl (C=O) groups is 1. The molecule has 0 saturated carbocycles. The molecule has 0 aliphatic heterocycles. The van der Waals surface area contributed by atoms with Gasteiger partial charge in [0, 0.05) is 0 Å². The second-order valence-electron chi connectivity index (χ2n) is 5.98. The van der Waals surface area contributed by atoms with E-state index in [4.69, 9.17) is 9.47 Å². The number of hydrogen-bond donors (Lipinski definition) is 1. The van der Waals surface area contributed by atoms with Gasteiger partial charge < -0.3 is 14.8 Å². The fourth-order valence-electron chi connectivity index (χ4n) is 2.51. The van der Waals surface area contributed by atoms with Crippen LogP contribution in [0, 0.1) is 5.82 Å². The zero-order chi connectivity index (χ0) is 18.8. The number of ether oxygens (including phenoxy) is 2. The first-order chi connectivity index (χ1) is 12.6. The number of para-hydroxylation sites is 1. The molecule has 1 atom stereocenters. The predicted molar refractivity (Wildman–Crippen MR) is 100 cm³/mol. The molecule has 0 aliphatic rings. The van der Waals surface area contributed by atoms with Crippen LogP contribution in [0.15, 0.2) is 48.5 Å². The summed E-state index contributed by atoms with van der Waals surface area (Å²) in [5.41, 5.74) is 1.28. The summed E-state index contributed by atoms with van der Waals surface area (Å²) in [7, 11) is 0. The Morgan fingerprint density at radius 3 is 2.50 bits per heavy atom. The van der Waals surface area contributed by atoms with Gasteiger partial charge in [0.2, 0.25) is 0 Å². The lowest BCUT2D eigenvalue weighted by atomic mass is 10.1. The second-order valence-corrected chi connectivity index (χ2v) is 5.98. The van der Waals surface area contributed by atoms with Crippen molar-refractivity contribution in [3.8, 4) is 11.5 Å². The first kappa shape index (κ1) is 19.8. The minimum atomic E-state index is -0.736. The van der Waals surface area contributed by atoms with Gasteiger partial charge in [0.05, 0.1) is 6.54 Å². The van der Waals surface area contributed by atoms with Crippen LogP contribution in [0.3, 0.4) is 0 Å². The van der Waals surface area contributed by atoms with Gasteiger partial charge in [0.25, 0.3) is 5.91 Å². The fraction of sp³-hybridized carbons (Fsp3) is 0.381. The van der Waals surface area contributed by atoms with Crippen molar-refractivity contribution in [2.45, 2.75) is 39.2 Å². The molecule has 2 aromatic rings. The number of hydrogen-bond acceptors (Lipinski definition) is 3. The highest BCUT2D eigenvalue weighted by Gasteiger charge is 2.19. The molecule has 1 N–H and O–H groups in total. The Kier molecular flexibility index (Phi) is 7.93. The molecule has 0 unspecified atom stereocenters. The summed E-state index contributed by atoms with van der Waals surface area (Å²) in [6.45, 7) is 4.67. The number of benzene rings is 2. The molecule has 2 aromatic carbocycles. The SMILES string of the molecule is CCCc1ccc(OCCNC(=O)[C@H](CC)Oc2ccccc2F)cc1. The largest absolute Gasteiger partial charge is 0.492 e. The molecule has 0 spiro atoms. The molecule has 140 valence electrons. The van der Waals surface area contributed by atoms with E-state index in [0.29, 0.717) is 19.6 Å². The zero-order valence-corrected chi connectivity index (χ0v) is 15.3. The fourth-order valence-corrected chi connectivity index (χ4v) is 2.51. The van der Waals surface area contributed by atoms with E-state index >= 15 is 0 Å². The maximum atomic E-state index is 13.6. The van der Waals surface area contributed by atoms with Gasteiger partial charge in [0.1, 0.15) is 12.4 Å². The van der Waals surface area contributed by atoms with Crippen molar-refractivity contribution in [1.82, 2.24) is 5.32 Å². The number of rotatable bonds is 10. The lowest BCUT2D eigenvalue weighted by Crippen LogP contribution is -2.39. The van der Waals surface area contributed by atoms with Crippen LogP contribution in [0.1, 0.15) is 32.3 Å². The van der Waals surface area contributed by atoms with Crippen molar-refractivity contribution in [3.63, 3.8) is 0 Å². The molecule has 2 rings (SSSR count). The van der Waals surface area contributed by atoms with E-state index in [2.05, 4.69) is 12.2 Å². The lowest BCUT2D eigenvalue weighted by molar-refractivity contribution is -0.128. The van der Waals surface area contributed by atoms with Crippen LogP contribution in [0.2, 0.25) is 0 Å². The second kappa shape index (κ2) is 10.4. The summed E-state index contributed by atoms with van der Waals surface area (Å²) in [5.74, 6) is 0.0953. The maximum Gasteiger partial charge on any atom is 0.261 e. The van der Waals surface area contributed by atoms with Crippen molar-refractivity contribution >= 4 is 5.91 Å². The van der Waals surface area contributed by atoms with Gasteiger partial charge in [-0.05, 0) is 42.7 Å². The van der Waals surface area contributed by atoms with Gasteiger partial charge in [-0.2, -0.15) is 0 Å². The van der Waals surface area contributed by atoms with Crippen LogP contribution in [0.4, 0.5) is 4.39 Å². The normalized spacial score (nSPS) is 11.7. The Balaban J connectivity index is 1.75. The third kappa shape index (κ3) is 6.06. The summed E-state index contributed by atoms with van der Waals surface area (Å²) in [5, 5.41) is 2.76. The first-order valence-electron chi connectivity index (χ1n) is 9.04. The predicted octanol–water partition coefficient (Wildman–Crippen LogP) is 4.13. The third-order valence-electron chi connectivity index (χ3n) is 3.90. The van der Waals surface area contributed by atoms with Gasteiger partial charge in [-0.3, -0.25) is 4.79 Å². The zero-order valence-electron chi connectivity index (χ0n) is 15.3. The van der Waals surface area contributed by atoms with Crippen molar-refractivity contribution in [2.24, 2.45) is 0 Å². The summed E-state index contributed by atoms with van der Waals surface area (Å²) in [6, 6.07) is 14.0. The van der Waals surface area contributed by atoms with Crippen LogP contribution < -0.4 is 14.8 Å². The van der Waals surface area contributed by atoms with E-state index in [1.165, 1.54) is 17.7 Å². The molecule has 0 saturated heterocycles. The van der Waals surface area contributed by atoms with Crippen LogP contribution >= 0.6 is 0 Å². The standard InChI is InChI=1S/C21H26FNO3/c1-3-7-16-10-12-17(13-11-16)25-15-14-23-21(24)19(4-2)26-20-9-6-5-8-18(20)22/h5-6,8-13,19H,3-4,7,14-15H2,1-2H3,(H,23,24)/t19-/m0/s1. The average Bonchev–Trinajstić information content (AvgIpc) is 2.66. The highest BCUT2D eigenvalue weighted by molar-refractivity contribution is 5.81. The van der Waals surface area contributed by atoms with Gasteiger partial charge in [-0.15, -0.1) is 0 Å². The minimum Gasteiger partial charge on any atom is -0.492 e. The van der Waals surface area contributed by atoms with Crippen molar-refractivity contribution < 1.29 is 18.7 Å². The molecule has 0 fully saturated rings. The quantitative estimate of drug-likeness (QED) is 0.649. The smallest absolute Gasteiger partial charge is 0.261 e. The maximum absolute atomic E-state index is 13.6. The number of aryl methyl sites for hydroxylation is 1. The van der Waals surface area contributed by atoms with E-state index in [1.54, 1.807) is 12.1 Å². The summed E-state index contributed by atoms with van der Waals surface area (Å²) < 4.78 is 24.7. The average molecular weight is 359 g/mol. The number of amides is 1. The monoisotopic (exact) mass is 359 g/mol. The Bertz CT molecular complexity index is 688. The van der Waals surface area contributed by atoms with Crippen molar-refractivity contribution in [2.75, 3.05) is 13.2 Å². The molecule has 1 amide bonds. The van der Waals surface area contributed by atoms with E-state index in [9.17, 15) is 9.18 Å². The van der Waals surface area contributed by atoms with Gasteiger partial charge in [-0.25, -0.2) is 4.39 Å². The number of halogens is 1. The molecule has 0 radical (unpaired) electrons. The lowest BCUT2D eigenvalue weighted by Gasteiger charge is -2.17. The molecule has 0 bridgehead atoms. The Morgan fingerprint density at radius 2 is 1.85 bits per heavy atom. The van der Waals surface area contributed by atoms with Crippen molar-refractivity contribution in [3.05, 3.63) is 59.9 Å². The van der Waals surface area contributed by atoms with Crippen LogP contribution in [0.5, 0.6) is 11.5 Å². The summed E-state index contributed by atoms with van der Waals surface area (Å²) in [6.07, 6.45) is 1.87. The Labute approximate surface area is 154 Å². The first-order valence-corrected chi connectivity index (χ1v) is 9.04. The molecule has 5 heteroatoms. The highest BCUT2D eigenvalue weighted by atomic mass is 19.1. The van der Waals surface area contributed by atoms with Crippen molar-refractivity contribution in [1.29, 1.82) is 0 Å². The van der Waals surface area contributed by atoms with E-state index in [0.717, 1.165) is 18.6 Å². The summed E-state index contributed by atoms with van der Waals surface area (Å²) >= 11 is 0. The Hall–Kier alpha value is -2.56. The molecular formula is C21H26FNO3. The molecule has 0 aliphatic carbocycles. The van der Waals surface area contributed by atoms with Crippen LogP contribution in [0.25, 0.3) is 0 Å². The number of carbonyl (C=O) groups excluding carboxylic acids is 1. The summed E-state index contributed by atoms with van der Waals surface area (Å²) in [4.78, 5) is 12.2. The van der Waals surface area contributed by atoms with Gasteiger partial charge in [0.15, 0.2) is 17.7 Å².